The fourth-order valence-corrected chi connectivity index (χ4v) is 6.68. The van der Waals surface area contributed by atoms with Gasteiger partial charge in [-0.25, -0.2) is 9.78 Å². The van der Waals surface area contributed by atoms with Gasteiger partial charge in [0.2, 0.25) is 5.37 Å². The van der Waals surface area contributed by atoms with E-state index in [0.29, 0.717) is 28.0 Å². The van der Waals surface area contributed by atoms with Gasteiger partial charge in [0.15, 0.2) is 12.6 Å². The minimum atomic E-state index is -1.73. The Morgan fingerprint density at radius 2 is 1.74 bits per heavy atom. The predicted molar refractivity (Wildman–Crippen MR) is 155 cm³/mol. The SMILES string of the molecule is O=C(COc1ccccc1)NC1C(=O)N2C(C(=O)O)=C(COc3ccccc3-c3nc4ccccc4c(=O)[nH]3)C[S+]([O-])C12. The number of carboxylic acids is 1. The van der Waals surface area contributed by atoms with E-state index in [4.69, 9.17) is 9.47 Å². The molecule has 3 heterocycles. The third-order valence-electron chi connectivity index (χ3n) is 6.99. The molecule has 3 atom stereocenters. The van der Waals surface area contributed by atoms with Crippen LogP contribution in [0.15, 0.2) is 94.9 Å². The lowest BCUT2D eigenvalue weighted by molar-refractivity contribution is -0.151. The van der Waals surface area contributed by atoms with Crippen molar-refractivity contribution in [3.05, 3.63) is 100 Å². The zero-order chi connectivity index (χ0) is 30.1. The smallest absolute Gasteiger partial charge is 0.353 e. The third kappa shape index (κ3) is 5.43. The fourth-order valence-electron chi connectivity index (χ4n) is 5.01. The van der Waals surface area contributed by atoms with E-state index in [9.17, 15) is 28.8 Å². The van der Waals surface area contributed by atoms with Crippen LogP contribution in [0.2, 0.25) is 0 Å². The van der Waals surface area contributed by atoms with Crippen LogP contribution in [0.25, 0.3) is 22.3 Å². The summed E-state index contributed by atoms with van der Waals surface area (Å²) in [5.41, 5.74) is 0.422. The van der Waals surface area contributed by atoms with Gasteiger partial charge in [0.05, 0.1) is 16.5 Å². The molecule has 3 unspecified atom stereocenters. The van der Waals surface area contributed by atoms with Crippen molar-refractivity contribution in [1.82, 2.24) is 20.2 Å². The van der Waals surface area contributed by atoms with Gasteiger partial charge < -0.3 is 29.4 Å². The van der Waals surface area contributed by atoms with Crippen molar-refractivity contribution in [1.29, 1.82) is 0 Å². The molecule has 1 fully saturated rings. The average molecular weight is 601 g/mol. The van der Waals surface area contributed by atoms with Gasteiger partial charge >= 0.3 is 5.97 Å². The zero-order valence-electron chi connectivity index (χ0n) is 22.4. The molecule has 0 radical (unpaired) electrons. The number of aromatic amines is 1. The number of fused-ring (bicyclic) bond motifs is 2. The van der Waals surface area contributed by atoms with Crippen molar-refractivity contribution in [2.24, 2.45) is 0 Å². The summed E-state index contributed by atoms with van der Waals surface area (Å²) < 4.78 is 24.6. The zero-order valence-corrected chi connectivity index (χ0v) is 23.2. The lowest BCUT2D eigenvalue weighted by atomic mass is 10.0. The Morgan fingerprint density at radius 1 is 1.02 bits per heavy atom. The maximum Gasteiger partial charge on any atom is 0.353 e. The number of aromatic nitrogens is 2. The second-order valence-corrected chi connectivity index (χ2v) is 11.3. The number of carbonyl (C=O) groups is 3. The highest BCUT2D eigenvalue weighted by Gasteiger charge is 2.61. The maximum absolute atomic E-state index is 13.2. The second kappa shape index (κ2) is 11.6. The molecule has 3 N–H and O–H groups in total. The highest BCUT2D eigenvalue weighted by atomic mass is 32.2. The molecule has 1 aromatic heterocycles. The molecule has 3 aromatic carbocycles. The minimum Gasteiger partial charge on any atom is -0.614 e. The molecule has 4 aromatic rings. The number of carbonyl (C=O) groups excluding carboxylic acids is 2. The molecule has 218 valence electrons. The van der Waals surface area contributed by atoms with E-state index in [-0.39, 0.29) is 41.6 Å². The summed E-state index contributed by atoms with van der Waals surface area (Å²) in [5.74, 6) is -1.86. The summed E-state index contributed by atoms with van der Waals surface area (Å²) in [4.78, 5) is 58.6. The Morgan fingerprint density at radius 3 is 2.53 bits per heavy atom. The fraction of sp³-hybridized carbons (Fsp3) is 0.167. The number of hydrogen-bond acceptors (Lipinski definition) is 8. The van der Waals surface area contributed by atoms with Gasteiger partial charge in [-0.1, -0.05) is 42.5 Å². The molecular formula is C30H24N4O8S. The van der Waals surface area contributed by atoms with Crippen LogP contribution in [-0.4, -0.2) is 72.7 Å². The van der Waals surface area contributed by atoms with E-state index >= 15 is 0 Å². The van der Waals surface area contributed by atoms with Crippen LogP contribution in [0.4, 0.5) is 0 Å². The molecule has 2 amide bonds. The molecule has 0 aliphatic carbocycles. The number of para-hydroxylation sites is 3. The molecule has 1 saturated heterocycles. The first-order valence-corrected chi connectivity index (χ1v) is 14.5. The van der Waals surface area contributed by atoms with E-state index in [1.807, 2.05) is 0 Å². The number of nitrogens with zero attached hydrogens (tertiary/aromatic N) is 2. The number of H-pyrrole nitrogens is 1. The number of hydrogen-bond donors (Lipinski definition) is 3. The molecule has 0 spiro atoms. The number of benzene rings is 3. The molecule has 13 heteroatoms. The number of amides is 2. The Bertz CT molecular complexity index is 1830. The van der Waals surface area contributed by atoms with E-state index in [1.165, 1.54) is 0 Å². The Kier molecular flexibility index (Phi) is 7.57. The van der Waals surface area contributed by atoms with E-state index in [2.05, 4.69) is 15.3 Å². The first kappa shape index (κ1) is 28.0. The standard InChI is InChI=1S/C30H24N4O8S/c35-23(15-41-18-8-2-1-3-9-18)32-24-28(37)34-25(30(38)39)17(16-43(40)29(24)34)14-42-22-13-7-5-11-20(22)26-31-21-12-6-4-10-19(21)27(36)33-26/h1-13,24,29H,14-16H2,(H,32,35)(H,38,39)(H,31,33,36). The van der Waals surface area contributed by atoms with Gasteiger partial charge in [-0.05, 0) is 47.6 Å². The predicted octanol–water partition coefficient (Wildman–Crippen LogP) is 1.80. The minimum absolute atomic E-state index is 0.141. The van der Waals surface area contributed by atoms with Crippen LogP contribution in [0, 0.1) is 0 Å². The number of rotatable bonds is 9. The number of β-lactam (4-membered cyclic amide) rings is 1. The summed E-state index contributed by atoms with van der Waals surface area (Å²) in [5, 5.41) is 11.9. The third-order valence-corrected chi connectivity index (χ3v) is 8.65. The quantitative estimate of drug-likeness (QED) is 0.191. The number of aliphatic carboxylic acids is 1. The van der Waals surface area contributed by atoms with Crippen LogP contribution >= 0.6 is 0 Å². The molecule has 43 heavy (non-hydrogen) atoms. The summed E-state index contributed by atoms with van der Waals surface area (Å²) in [6.45, 7) is -0.661. The van der Waals surface area contributed by atoms with Crippen LogP contribution in [-0.2, 0) is 25.6 Å². The molecule has 6 rings (SSSR count). The van der Waals surface area contributed by atoms with Gasteiger partial charge in [0.1, 0.15) is 35.4 Å². The highest BCUT2D eigenvalue weighted by Crippen LogP contribution is 2.37. The van der Waals surface area contributed by atoms with Gasteiger partial charge in [0.25, 0.3) is 17.4 Å². The average Bonchev–Trinajstić information content (AvgIpc) is 3.01. The van der Waals surface area contributed by atoms with E-state index in [0.717, 1.165) is 4.90 Å². The number of ether oxygens (including phenoxy) is 2. The normalized spacial score (nSPS) is 19.4. The van der Waals surface area contributed by atoms with Crippen molar-refractivity contribution in [3.8, 4) is 22.9 Å². The van der Waals surface area contributed by atoms with Crippen molar-refractivity contribution < 1.29 is 33.5 Å². The Hall–Kier alpha value is -5.14. The van der Waals surface area contributed by atoms with Crippen molar-refractivity contribution in [3.63, 3.8) is 0 Å². The van der Waals surface area contributed by atoms with Crippen LogP contribution in [0.5, 0.6) is 11.5 Å². The van der Waals surface area contributed by atoms with Crippen LogP contribution in [0.3, 0.4) is 0 Å². The molecule has 12 nitrogen and oxygen atoms in total. The summed E-state index contributed by atoms with van der Waals surface area (Å²) in [6.07, 6.45) is 0. The lowest BCUT2D eigenvalue weighted by Gasteiger charge is -2.48. The van der Waals surface area contributed by atoms with Crippen LogP contribution < -0.4 is 20.3 Å². The first-order valence-electron chi connectivity index (χ1n) is 13.2. The van der Waals surface area contributed by atoms with Gasteiger partial charge in [-0.3, -0.25) is 19.3 Å². The lowest BCUT2D eigenvalue weighted by Crippen LogP contribution is -2.75. The van der Waals surface area contributed by atoms with Gasteiger partial charge in [-0.2, -0.15) is 0 Å². The summed E-state index contributed by atoms with van der Waals surface area (Å²) >= 11 is -1.73. The molecular weight excluding hydrogens is 576 g/mol. The first-order chi connectivity index (χ1) is 20.8. The summed E-state index contributed by atoms with van der Waals surface area (Å²) in [6, 6.07) is 21.1. The molecule has 0 saturated carbocycles. The molecule has 2 aliphatic heterocycles. The van der Waals surface area contributed by atoms with Gasteiger partial charge in [-0.15, -0.1) is 0 Å². The Balaban J connectivity index is 1.19. The monoisotopic (exact) mass is 600 g/mol. The maximum atomic E-state index is 13.2. The van der Waals surface area contributed by atoms with Gasteiger partial charge in [0, 0.05) is 5.57 Å². The summed E-state index contributed by atoms with van der Waals surface area (Å²) in [7, 11) is 0. The number of nitrogens with one attached hydrogen (secondary N) is 2. The van der Waals surface area contributed by atoms with Crippen molar-refractivity contribution in [2.75, 3.05) is 19.0 Å². The van der Waals surface area contributed by atoms with Crippen molar-refractivity contribution >= 4 is 39.9 Å². The van der Waals surface area contributed by atoms with E-state index < -0.39 is 40.4 Å². The second-order valence-electron chi connectivity index (χ2n) is 9.74. The topological polar surface area (TPSA) is 174 Å². The molecule has 0 bridgehead atoms. The Labute approximate surface area is 247 Å². The van der Waals surface area contributed by atoms with Crippen LogP contribution in [0.1, 0.15) is 0 Å². The largest absolute Gasteiger partial charge is 0.614 e. The molecule has 2 aliphatic rings. The number of carboxylic acid groups (broad SMARTS) is 1. The van der Waals surface area contributed by atoms with E-state index in [1.54, 1.807) is 78.9 Å². The highest BCUT2D eigenvalue weighted by molar-refractivity contribution is 7.92. The van der Waals surface area contributed by atoms with Crippen molar-refractivity contribution in [2.45, 2.75) is 11.4 Å².